The van der Waals surface area contributed by atoms with Gasteiger partial charge in [-0.25, -0.2) is 4.68 Å². The Kier molecular flexibility index (Phi) is 2.88. The molecule has 2 aromatic heterocycles. The molecule has 0 aliphatic carbocycles. The Balaban J connectivity index is 2.49. The lowest BCUT2D eigenvalue weighted by atomic mass is 10.1. The van der Waals surface area contributed by atoms with Crippen molar-refractivity contribution in [1.29, 1.82) is 0 Å². The summed E-state index contributed by atoms with van der Waals surface area (Å²) in [5.74, 6) is 1.01. The third-order valence-corrected chi connectivity index (χ3v) is 2.56. The Bertz CT molecular complexity index is 494. The number of nitrogens with one attached hydrogen (secondary N) is 1. The van der Waals surface area contributed by atoms with Crippen molar-refractivity contribution in [2.75, 3.05) is 12.4 Å². The normalized spacial score (nSPS) is 11.5. The van der Waals surface area contributed by atoms with Crippen LogP contribution in [0.15, 0.2) is 30.6 Å². The Morgan fingerprint density at radius 3 is 2.53 bits per heavy atom. The quantitative estimate of drug-likeness (QED) is 0.862. The largest absolute Gasteiger partial charge is 0.373 e. The number of hydrogen-bond donors (Lipinski definition) is 1. The molecule has 0 aliphatic rings. The van der Waals surface area contributed by atoms with Crippen LogP contribution in [0.25, 0.3) is 11.3 Å². The Hall–Kier alpha value is -1.84. The molecule has 2 rings (SSSR count). The average Bonchev–Trinajstić information content (AvgIpc) is 2.74. The van der Waals surface area contributed by atoms with Crippen LogP contribution in [0.2, 0.25) is 0 Å². The molecule has 0 aliphatic heterocycles. The van der Waals surface area contributed by atoms with Crippen LogP contribution in [0.3, 0.4) is 0 Å². The summed E-state index contributed by atoms with van der Waals surface area (Å²) in [6.45, 7) is 6.40. The van der Waals surface area contributed by atoms with E-state index in [1.54, 1.807) is 6.20 Å². The molecule has 0 radical (unpaired) electrons. The molecule has 0 fully saturated rings. The van der Waals surface area contributed by atoms with E-state index < -0.39 is 0 Å². The number of anilines is 1. The van der Waals surface area contributed by atoms with Crippen molar-refractivity contribution < 1.29 is 0 Å². The van der Waals surface area contributed by atoms with Crippen molar-refractivity contribution in [3.8, 4) is 11.3 Å². The second-order valence-corrected chi connectivity index (χ2v) is 4.99. The third kappa shape index (κ3) is 2.30. The second-order valence-electron chi connectivity index (χ2n) is 4.99. The molecular formula is C13H18N4. The van der Waals surface area contributed by atoms with Gasteiger partial charge in [-0.1, -0.05) is 0 Å². The van der Waals surface area contributed by atoms with E-state index in [-0.39, 0.29) is 5.54 Å². The van der Waals surface area contributed by atoms with Crippen LogP contribution >= 0.6 is 0 Å². The molecule has 0 unspecified atom stereocenters. The monoisotopic (exact) mass is 230 g/mol. The van der Waals surface area contributed by atoms with Gasteiger partial charge in [-0.2, -0.15) is 5.10 Å². The molecule has 0 bridgehead atoms. The van der Waals surface area contributed by atoms with E-state index in [0.717, 1.165) is 17.1 Å². The van der Waals surface area contributed by atoms with Crippen molar-refractivity contribution in [2.24, 2.45) is 0 Å². The van der Waals surface area contributed by atoms with E-state index in [9.17, 15) is 0 Å². The number of hydrogen-bond acceptors (Lipinski definition) is 3. The van der Waals surface area contributed by atoms with Gasteiger partial charge >= 0.3 is 0 Å². The predicted octanol–water partition coefficient (Wildman–Crippen LogP) is 2.74. The minimum atomic E-state index is -0.0429. The number of aromatic nitrogens is 3. The van der Waals surface area contributed by atoms with Crippen molar-refractivity contribution in [3.63, 3.8) is 0 Å². The van der Waals surface area contributed by atoms with E-state index >= 15 is 0 Å². The first kappa shape index (κ1) is 11.6. The number of pyridine rings is 1. The summed E-state index contributed by atoms with van der Waals surface area (Å²) in [6.07, 6.45) is 3.60. The summed E-state index contributed by atoms with van der Waals surface area (Å²) in [5, 5.41) is 7.81. The molecule has 4 nitrogen and oxygen atoms in total. The average molecular weight is 230 g/mol. The highest BCUT2D eigenvalue weighted by molar-refractivity contribution is 5.62. The summed E-state index contributed by atoms with van der Waals surface area (Å²) in [7, 11) is 1.91. The van der Waals surface area contributed by atoms with E-state index in [1.165, 1.54) is 0 Å². The highest BCUT2D eigenvalue weighted by Gasteiger charge is 2.19. The first-order valence-corrected chi connectivity index (χ1v) is 5.71. The van der Waals surface area contributed by atoms with Gasteiger partial charge in [-0.15, -0.1) is 0 Å². The van der Waals surface area contributed by atoms with Crippen LogP contribution < -0.4 is 5.32 Å². The zero-order chi connectivity index (χ0) is 12.5. The summed E-state index contributed by atoms with van der Waals surface area (Å²) >= 11 is 0. The van der Waals surface area contributed by atoms with E-state index in [2.05, 4.69) is 36.2 Å². The molecule has 90 valence electrons. The van der Waals surface area contributed by atoms with E-state index in [1.807, 2.05) is 36.1 Å². The Morgan fingerprint density at radius 2 is 2.06 bits per heavy atom. The fraction of sp³-hybridized carbons (Fsp3) is 0.385. The molecule has 0 saturated heterocycles. The summed E-state index contributed by atoms with van der Waals surface area (Å²) in [4.78, 5) is 4.12. The van der Waals surface area contributed by atoms with Gasteiger partial charge in [0.25, 0.3) is 0 Å². The molecule has 0 amide bonds. The van der Waals surface area contributed by atoms with Crippen molar-refractivity contribution >= 4 is 5.82 Å². The standard InChI is InChI=1S/C13H18N4/c1-13(2,3)17-12(14-4)8-11(16-17)10-6-5-7-15-9-10/h5-9,14H,1-4H3. The molecule has 2 aromatic rings. The van der Waals surface area contributed by atoms with Crippen LogP contribution in [0, 0.1) is 0 Å². The van der Waals surface area contributed by atoms with Crippen LogP contribution in [0.5, 0.6) is 0 Å². The molecule has 0 atom stereocenters. The van der Waals surface area contributed by atoms with Crippen LogP contribution in [0.1, 0.15) is 20.8 Å². The zero-order valence-corrected chi connectivity index (χ0v) is 10.7. The highest BCUT2D eigenvalue weighted by atomic mass is 15.4. The first-order chi connectivity index (χ1) is 8.02. The lowest BCUT2D eigenvalue weighted by Crippen LogP contribution is -2.24. The zero-order valence-electron chi connectivity index (χ0n) is 10.7. The van der Waals surface area contributed by atoms with Crippen molar-refractivity contribution in [3.05, 3.63) is 30.6 Å². The summed E-state index contributed by atoms with van der Waals surface area (Å²) in [6, 6.07) is 5.98. The van der Waals surface area contributed by atoms with Crippen LogP contribution in [-0.4, -0.2) is 21.8 Å². The molecule has 0 aromatic carbocycles. The van der Waals surface area contributed by atoms with Crippen molar-refractivity contribution in [1.82, 2.24) is 14.8 Å². The minimum Gasteiger partial charge on any atom is -0.373 e. The maximum Gasteiger partial charge on any atom is 0.125 e. The van der Waals surface area contributed by atoms with Gasteiger partial charge < -0.3 is 5.32 Å². The van der Waals surface area contributed by atoms with E-state index in [0.29, 0.717) is 0 Å². The third-order valence-electron chi connectivity index (χ3n) is 2.56. The molecule has 0 spiro atoms. The van der Waals surface area contributed by atoms with Gasteiger partial charge in [-0.3, -0.25) is 4.98 Å². The van der Waals surface area contributed by atoms with Gasteiger partial charge in [0.1, 0.15) is 5.82 Å². The van der Waals surface area contributed by atoms with E-state index in [4.69, 9.17) is 0 Å². The fourth-order valence-electron chi connectivity index (χ4n) is 1.73. The van der Waals surface area contributed by atoms with Crippen molar-refractivity contribution in [2.45, 2.75) is 26.3 Å². The topological polar surface area (TPSA) is 42.7 Å². The minimum absolute atomic E-state index is 0.0429. The van der Waals surface area contributed by atoms with Gasteiger partial charge in [0.2, 0.25) is 0 Å². The molecule has 2 heterocycles. The Labute approximate surface area is 102 Å². The number of nitrogens with zero attached hydrogens (tertiary/aromatic N) is 3. The highest BCUT2D eigenvalue weighted by Crippen LogP contribution is 2.26. The molecule has 1 N–H and O–H groups in total. The SMILES string of the molecule is CNc1cc(-c2cccnc2)nn1C(C)(C)C. The van der Waals surface area contributed by atoms with Crippen LogP contribution in [0.4, 0.5) is 5.82 Å². The number of rotatable bonds is 2. The maximum atomic E-state index is 4.64. The first-order valence-electron chi connectivity index (χ1n) is 5.71. The van der Waals surface area contributed by atoms with Gasteiger partial charge in [0.15, 0.2) is 0 Å². The van der Waals surface area contributed by atoms with Crippen LogP contribution in [-0.2, 0) is 5.54 Å². The molecular weight excluding hydrogens is 212 g/mol. The Morgan fingerprint density at radius 1 is 1.29 bits per heavy atom. The van der Waals surface area contributed by atoms with Gasteiger partial charge in [-0.05, 0) is 32.9 Å². The maximum absolute atomic E-state index is 4.64. The second kappa shape index (κ2) is 4.20. The lowest BCUT2D eigenvalue weighted by molar-refractivity contribution is 0.361. The smallest absolute Gasteiger partial charge is 0.125 e. The van der Waals surface area contributed by atoms with Gasteiger partial charge in [0, 0.05) is 31.1 Å². The molecule has 4 heteroatoms. The molecule has 17 heavy (non-hydrogen) atoms. The predicted molar refractivity (Wildman–Crippen MR) is 70.0 cm³/mol. The summed E-state index contributed by atoms with van der Waals surface area (Å²) < 4.78 is 2.00. The molecule has 0 saturated carbocycles. The van der Waals surface area contributed by atoms with Gasteiger partial charge in [0.05, 0.1) is 11.2 Å². The summed E-state index contributed by atoms with van der Waals surface area (Å²) in [5.41, 5.74) is 1.93. The lowest BCUT2D eigenvalue weighted by Gasteiger charge is -2.21. The fourth-order valence-corrected chi connectivity index (χ4v) is 1.73.